The van der Waals surface area contributed by atoms with Gasteiger partial charge in [0.05, 0.1) is 14.9 Å². The molecule has 0 unspecified atom stereocenters. The number of rotatable bonds is 2. The quantitative estimate of drug-likeness (QED) is 0.885. The summed E-state index contributed by atoms with van der Waals surface area (Å²) in [5, 5.41) is 1.95. The first-order valence-electron chi connectivity index (χ1n) is 4.42. The SMILES string of the molecule is NCc1sc(-c2ccc(Cl)c(Cl)c2)nc1Br. The van der Waals surface area contributed by atoms with E-state index in [4.69, 9.17) is 28.9 Å². The van der Waals surface area contributed by atoms with Crippen molar-refractivity contribution in [1.29, 1.82) is 0 Å². The van der Waals surface area contributed by atoms with Crippen molar-refractivity contribution in [3.8, 4) is 10.6 Å². The molecule has 84 valence electrons. The van der Waals surface area contributed by atoms with E-state index in [0.717, 1.165) is 20.1 Å². The van der Waals surface area contributed by atoms with Crippen molar-refractivity contribution in [3.63, 3.8) is 0 Å². The van der Waals surface area contributed by atoms with Crippen molar-refractivity contribution in [3.05, 3.63) is 37.7 Å². The first-order valence-corrected chi connectivity index (χ1v) is 6.79. The van der Waals surface area contributed by atoms with Crippen LogP contribution in [0.15, 0.2) is 22.8 Å². The van der Waals surface area contributed by atoms with Gasteiger partial charge in [-0.2, -0.15) is 0 Å². The number of nitrogens with zero attached hydrogens (tertiary/aromatic N) is 1. The van der Waals surface area contributed by atoms with Gasteiger partial charge in [-0.05, 0) is 28.1 Å². The van der Waals surface area contributed by atoms with E-state index in [1.54, 1.807) is 23.5 Å². The predicted molar refractivity (Wildman–Crippen MR) is 73.2 cm³/mol. The second-order valence-electron chi connectivity index (χ2n) is 3.07. The minimum absolute atomic E-state index is 0.472. The number of hydrogen-bond donors (Lipinski definition) is 1. The molecule has 0 aliphatic carbocycles. The summed E-state index contributed by atoms with van der Waals surface area (Å²) < 4.78 is 0.793. The Morgan fingerprint density at radius 1 is 1.31 bits per heavy atom. The Kier molecular flexibility index (Phi) is 3.87. The average molecular weight is 338 g/mol. The number of aromatic nitrogens is 1. The fourth-order valence-corrected chi connectivity index (χ4v) is 3.04. The molecule has 0 aliphatic rings. The van der Waals surface area contributed by atoms with Gasteiger partial charge in [-0.25, -0.2) is 4.98 Å². The Morgan fingerprint density at radius 2 is 2.06 bits per heavy atom. The molecular weight excluding hydrogens is 331 g/mol. The molecule has 2 nitrogen and oxygen atoms in total. The lowest BCUT2D eigenvalue weighted by Crippen LogP contribution is -1.92. The number of benzene rings is 1. The molecule has 0 bridgehead atoms. The molecule has 0 amide bonds. The minimum Gasteiger partial charge on any atom is -0.326 e. The zero-order valence-corrected chi connectivity index (χ0v) is 11.9. The van der Waals surface area contributed by atoms with Gasteiger partial charge >= 0.3 is 0 Å². The van der Waals surface area contributed by atoms with Crippen LogP contribution in [0.1, 0.15) is 4.88 Å². The van der Waals surface area contributed by atoms with Crippen molar-refractivity contribution in [2.45, 2.75) is 6.54 Å². The molecule has 0 saturated carbocycles. The molecule has 0 spiro atoms. The second-order valence-corrected chi connectivity index (χ2v) is 5.72. The van der Waals surface area contributed by atoms with E-state index in [1.165, 1.54) is 0 Å². The second kappa shape index (κ2) is 5.02. The summed E-state index contributed by atoms with van der Waals surface area (Å²) in [4.78, 5) is 5.39. The number of thiazole rings is 1. The molecule has 0 aliphatic heterocycles. The van der Waals surface area contributed by atoms with Crippen LogP contribution in [0.25, 0.3) is 10.6 Å². The number of halogens is 3. The van der Waals surface area contributed by atoms with Gasteiger partial charge in [0.1, 0.15) is 9.61 Å². The van der Waals surface area contributed by atoms with E-state index in [0.29, 0.717) is 16.6 Å². The monoisotopic (exact) mass is 336 g/mol. The molecule has 1 aromatic carbocycles. The summed E-state index contributed by atoms with van der Waals surface area (Å²) in [6.07, 6.45) is 0. The Balaban J connectivity index is 2.46. The standard InChI is InChI=1S/C10H7BrCl2N2S/c11-9-8(4-14)16-10(15-9)5-1-2-6(12)7(13)3-5/h1-3H,4,14H2. The summed E-state index contributed by atoms with van der Waals surface area (Å²) in [5.74, 6) is 0. The van der Waals surface area contributed by atoms with Crippen molar-refractivity contribution >= 4 is 50.5 Å². The van der Waals surface area contributed by atoms with Gasteiger partial charge in [-0.3, -0.25) is 0 Å². The summed E-state index contributed by atoms with van der Waals surface area (Å²) in [7, 11) is 0. The molecule has 2 aromatic rings. The van der Waals surface area contributed by atoms with Crippen LogP contribution in [0.4, 0.5) is 0 Å². The fourth-order valence-electron chi connectivity index (χ4n) is 1.21. The summed E-state index contributed by atoms with van der Waals surface area (Å²) in [6, 6.07) is 5.45. The first-order chi connectivity index (χ1) is 7.61. The normalized spacial score (nSPS) is 10.8. The smallest absolute Gasteiger partial charge is 0.125 e. The molecule has 0 saturated heterocycles. The first kappa shape index (κ1) is 12.3. The molecule has 16 heavy (non-hydrogen) atoms. The minimum atomic E-state index is 0.472. The van der Waals surface area contributed by atoms with Crippen LogP contribution in [-0.2, 0) is 6.54 Å². The Bertz CT molecular complexity index is 528. The molecule has 0 radical (unpaired) electrons. The highest BCUT2D eigenvalue weighted by atomic mass is 79.9. The molecule has 1 aromatic heterocycles. The summed E-state index contributed by atoms with van der Waals surface area (Å²) in [5.41, 5.74) is 6.53. The highest BCUT2D eigenvalue weighted by molar-refractivity contribution is 9.10. The van der Waals surface area contributed by atoms with E-state index in [2.05, 4.69) is 20.9 Å². The lowest BCUT2D eigenvalue weighted by Gasteiger charge is -1.98. The van der Waals surface area contributed by atoms with Crippen LogP contribution < -0.4 is 5.73 Å². The van der Waals surface area contributed by atoms with Crippen LogP contribution in [0.2, 0.25) is 10.0 Å². The van der Waals surface area contributed by atoms with Crippen molar-refractivity contribution in [2.75, 3.05) is 0 Å². The van der Waals surface area contributed by atoms with Crippen LogP contribution in [0.5, 0.6) is 0 Å². The molecule has 2 N–H and O–H groups in total. The zero-order valence-electron chi connectivity index (χ0n) is 8.01. The van der Waals surface area contributed by atoms with Gasteiger partial charge in [-0.15, -0.1) is 11.3 Å². The number of nitrogens with two attached hydrogens (primary N) is 1. The average Bonchev–Trinajstić information content (AvgIpc) is 2.64. The Morgan fingerprint density at radius 3 is 2.62 bits per heavy atom. The third-order valence-corrected chi connectivity index (χ3v) is 4.79. The third kappa shape index (κ3) is 2.41. The van der Waals surface area contributed by atoms with Gasteiger partial charge in [0.2, 0.25) is 0 Å². The highest BCUT2D eigenvalue weighted by Crippen LogP contribution is 2.33. The Hall–Kier alpha value is -0.130. The summed E-state index contributed by atoms with van der Waals surface area (Å²) in [6.45, 7) is 0.472. The van der Waals surface area contributed by atoms with Crippen LogP contribution in [0.3, 0.4) is 0 Å². The van der Waals surface area contributed by atoms with E-state index < -0.39 is 0 Å². The molecular formula is C10H7BrCl2N2S. The van der Waals surface area contributed by atoms with Gasteiger partial charge in [0, 0.05) is 12.1 Å². The Labute approximate surface area is 116 Å². The molecule has 6 heteroatoms. The third-order valence-electron chi connectivity index (χ3n) is 2.00. The zero-order chi connectivity index (χ0) is 11.7. The lowest BCUT2D eigenvalue weighted by molar-refractivity contribution is 1.08. The van der Waals surface area contributed by atoms with Gasteiger partial charge in [0.25, 0.3) is 0 Å². The molecule has 1 heterocycles. The number of hydrogen-bond acceptors (Lipinski definition) is 3. The predicted octanol–water partition coefficient (Wildman–Crippen LogP) is 4.34. The van der Waals surface area contributed by atoms with Crippen LogP contribution in [0, 0.1) is 0 Å². The van der Waals surface area contributed by atoms with Crippen LogP contribution >= 0.6 is 50.5 Å². The van der Waals surface area contributed by atoms with E-state index in [-0.39, 0.29) is 0 Å². The van der Waals surface area contributed by atoms with Crippen LogP contribution in [-0.4, -0.2) is 4.98 Å². The maximum absolute atomic E-state index is 5.95. The lowest BCUT2D eigenvalue weighted by atomic mass is 10.2. The van der Waals surface area contributed by atoms with E-state index in [1.807, 2.05) is 6.07 Å². The molecule has 0 atom stereocenters. The van der Waals surface area contributed by atoms with Crippen molar-refractivity contribution < 1.29 is 0 Å². The van der Waals surface area contributed by atoms with Crippen molar-refractivity contribution in [2.24, 2.45) is 5.73 Å². The van der Waals surface area contributed by atoms with Gasteiger partial charge < -0.3 is 5.73 Å². The topological polar surface area (TPSA) is 38.9 Å². The fraction of sp³-hybridized carbons (Fsp3) is 0.100. The maximum Gasteiger partial charge on any atom is 0.125 e. The largest absolute Gasteiger partial charge is 0.326 e. The van der Waals surface area contributed by atoms with Gasteiger partial charge in [-0.1, -0.05) is 29.3 Å². The van der Waals surface area contributed by atoms with Crippen molar-refractivity contribution in [1.82, 2.24) is 4.98 Å². The van der Waals surface area contributed by atoms with E-state index in [9.17, 15) is 0 Å². The van der Waals surface area contributed by atoms with Gasteiger partial charge in [0.15, 0.2) is 0 Å². The summed E-state index contributed by atoms with van der Waals surface area (Å²) >= 11 is 16.7. The molecule has 2 rings (SSSR count). The highest BCUT2D eigenvalue weighted by Gasteiger charge is 2.10. The van der Waals surface area contributed by atoms with E-state index >= 15 is 0 Å². The molecule has 0 fully saturated rings. The maximum atomic E-state index is 5.95.